The van der Waals surface area contributed by atoms with Crippen LogP contribution in [0.4, 0.5) is 5.82 Å². The van der Waals surface area contributed by atoms with Crippen molar-refractivity contribution in [1.29, 1.82) is 0 Å². The van der Waals surface area contributed by atoms with Gasteiger partial charge in [0.2, 0.25) is 0 Å². The van der Waals surface area contributed by atoms with Gasteiger partial charge >= 0.3 is 0 Å². The van der Waals surface area contributed by atoms with Gasteiger partial charge in [0.1, 0.15) is 0 Å². The number of aliphatic hydroxyl groups is 1. The van der Waals surface area contributed by atoms with E-state index >= 15 is 0 Å². The number of benzene rings is 2. The van der Waals surface area contributed by atoms with Gasteiger partial charge in [-0.25, -0.2) is 0 Å². The molecule has 0 saturated heterocycles. The predicted molar refractivity (Wildman–Crippen MR) is 84.2 cm³/mol. The molecular formula is C17H17N3O. The van der Waals surface area contributed by atoms with Gasteiger partial charge in [0.05, 0.1) is 18.8 Å². The van der Waals surface area contributed by atoms with Crippen molar-refractivity contribution < 1.29 is 5.11 Å². The van der Waals surface area contributed by atoms with Crippen LogP contribution in [0.25, 0.3) is 10.8 Å². The Balaban J connectivity index is 1.82. The summed E-state index contributed by atoms with van der Waals surface area (Å²) < 4.78 is 0. The molecule has 0 aliphatic carbocycles. The van der Waals surface area contributed by atoms with Crippen LogP contribution in [0.3, 0.4) is 0 Å². The van der Waals surface area contributed by atoms with E-state index in [2.05, 4.69) is 27.6 Å². The lowest BCUT2D eigenvalue weighted by molar-refractivity contribution is 0.273. The third-order valence-electron chi connectivity index (χ3n) is 3.46. The Labute approximate surface area is 123 Å². The molecule has 1 aromatic heterocycles. The number of anilines is 1. The van der Waals surface area contributed by atoms with E-state index < -0.39 is 0 Å². The van der Waals surface area contributed by atoms with E-state index in [4.69, 9.17) is 0 Å². The van der Waals surface area contributed by atoms with Gasteiger partial charge < -0.3 is 10.4 Å². The average molecular weight is 279 g/mol. The van der Waals surface area contributed by atoms with Crippen LogP contribution in [0.2, 0.25) is 0 Å². The Morgan fingerprint density at radius 3 is 2.57 bits per heavy atom. The third-order valence-corrected chi connectivity index (χ3v) is 3.46. The average Bonchev–Trinajstić information content (AvgIpc) is 2.55. The molecule has 4 nitrogen and oxygen atoms in total. The highest BCUT2D eigenvalue weighted by Crippen LogP contribution is 2.20. The summed E-state index contributed by atoms with van der Waals surface area (Å²) in [5.41, 5.74) is 1.18. The van der Waals surface area contributed by atoms with Gasteiger partial charge in [-0.1, -0.05) is 54.6 Å². The number of nitrogens with one attached hydrogen (secondary N) is 1. The van der Waals surface area contributed by atoms with Crippen molar-refractivity contribution in [2.24, 2.45) is 0 Å². The molecule has 1 heterocycles. The number of hydrogen-bond acceptors (Lipinski definition) is 4. The van der Waals surface area contributed by atoms with Crippen molar-refractivity contribution >= 4 is 16.6 Å². The van der Waals surface area contributed by atoms with Crippen molar-refractivity contribution in [2.75, 3.05) is 11.9 Å². The number of aromatic nitrogens is 2. The molecule has 0 spiro atoms. The van der Waals surface area contributed by atoms with E-state index in [0.29, 0.717) is 5.82 Å². The van der Waals surface area contributed by atoms with Crippen LogP contribution in [0.15, 0.2) is 60.8 Å². The van der Waals surface area contributed by atoms with Gasteiger partial charge in [0.25, 0.3) is 0 Å². The highest BCUT2D eigenvalue weighted by Gasteiger charge is 2.11. The normalized spacial score (nSPS) is 12.2. The molecule has 0 fully saturated rings. The van der Waals surface area contributed by atoms with Crippen LogP contribution in [0.1, 0.15) is 5.56 Å². The Hall–Kier alpha value is -2.46. The van der Waals surface area contributed by atoms with Gasteiger partial charge in [-0.3, -0.25) is 0 Å². The summed E-state index contributed by atoms with van der Waals surface area (Å²) in [5.74, 6) is 0.711. The molecule has 0 amide bonds. The van der Waals surface area contributed by atoms with Crippen molar-refractivity contribution in [3.63, 3.8) is 0 Å². The Kier molecular flexibility index (Phi) is 4.07. The molecule has 4 heteroatoms. The summed E-state index contributed by atoms with van der Waals surface area (Å²) in [4.78, 5) is 0. The minimum absolute atomic E-state index is 0.0415. The zero-order valence-corrected chi connectivity index (χ0v) is 11.6. The lowest BCUT2D eigenvalue weighted by Crippen LogP contribution is -2.27. The molecule has 0 saturated carbocycles. The van der Waals surface area contributed by atoms with Gasteiger partial charge in [0.15, 0.2) is 5.82 Å². The molecule has 0 aliphatic rings. The summed E-state index contributed by atoms with van der Waals surface area (Å²) in [6.45, 7) is 0.0415. The van der Waals surface area contributed by atoms with Crippen LogP contribution < -0.4 is 5.32 Å². The molecule has 0 bridgehead atoms. The standard InChI is InChI=1S/C17H17N3O/c21-12-15(10-13-6-2-1-3-7-13)19-17-16-9-5-4-8-14(16)11-18-20-17/h1-9,11,15,21H,10,12H2,(H,19,20). The SMILES string of the molecule is OCC(Cc1ccccc1)Nc1nncc2ccccc12. The molecule has 2 N–H and O–H groups in total. The highest BCUT2D eigenvalue weighted by atomic mass is 16.3. The van der Waals surface area contributed by atoms with E-state index in [0.717, 1.165) is 17.2 Å². The van der Waals surface area contributed by atoms with E-state index in [9.17, 15) is 5.11 Å². The van der Waals surface area contributed by atoms with Crippen molar-refractivity contribution in [2.45, 2.75) is 12.5 Å². The highest BCUT2D eigenvalue weighted by molar-refractivity contribution is 5.90. The van der Waals surface area contributed by atoms with Crippen LogP contribution >= 0.6 is 0 Å². The maximum atomic E-state index is 9.61. The van der Waals surface area contributed by atoms with Crippen LogP contribution in [0, 0.1) is 0 Å². The second kappa shape index (κ2) is 6.33. The molecular weight excluding hydrogens is 262 g/mol. The minimum atomic E-state index is -0.0903. The van der Waals surface area contributed by atoms with Crippen molar-refractivity contribution in [3.8, 4) is 0 Å². The fraction of sp³-hybridized carbons (Fsp3) is 0.176. The van der Waals surface area contributed by atoms with Crippen molar-refractivity contribution in [1.82, 2.24) is 10.2 Å². The van der Waals surface area contributed by atoms with Gasteiger partial charge in [-0.15, -0.1) is 5.10 Å². The molecule has 2 aromatic carbocycles. The number of fused-ring (bicyclic) bond motifs is 1. The van der Waals surface area contributed by atoms with Gasteiger partial charge in [-0.05, 0) is 12.0 Å². The predicted octanol–water partition coefficient (Wildman–Crippen LogP) is 2.65. The molecule has 1 unspecified atom stereocenters. The Bertz CT molecular complexity index is 710. The maximum absolute atomic E-state index is 9.61. The quantitative estimate of drug-likeness (QED) is 0.754. The number of aliphatic hydroxyl groups excluding tert-OH is 1. The molecule has 21 heavy (non-hydrogen) atoms. The van der Waals surface area contributed by atoms with Gasteiger partial charge in [-0.2, -0.15) is 5.10 Å². The van der Waals surface area contributed by atoms with E-state index in [-0.39, 0.29) is 12.6 Å². The minimum Gasteiger partial charge on any atom is -0.394 e. The largest absolute Gasteiger partial charge is 0.394 e. The lowest BCUT2D eigenvalue weighted by atomic mass is 10.1. The van der Waals surface area contributed by atoms with E-state index in [1.54, 1.807) is 6.20 Å². The van der Waals surface area contributed by atoms with Gasteiger partial charge in [0, 0.05) is 10.8 Å². The third kappa shape index (κ3) is 3.17. The zero-order chi connectivity index (χ0) is 14.5. The summed E-state index contributed by atoms with van der Waals surface area (Å²) in [6, 6.07) is 18.0. The molecule has 0 aliphatic heterocycles. The molecule has 0 radical (unpaired) electrons. The smallest absolute Gasteiger partial charge is 0.156 e. The summed E-state index contributed by atoms with van der Waals surface area (Å²) in [5, 5.41) is 23.1. The summed E-state index contributed by atoms with van der Waals surface area (Å²) in [6.07, 6.45) is 2.48. The number of rotatable bonds is 5. The molecule has 1 atom stereocenters. The van der Waals surface area contributed by atoms with Crippen LogP contribution in [0.5, 0.6) is 0 Å². The Morgan fingerprint density at radius 2 is 1.76 bits per heavy atom. The van der Waals surface area contributed by atoms with Crippen LogP contribution in [-0.4, -0.2) is 28.0 Å². The first-order valence-corrected chi connectivity index (χ1v) is 6.98. The fourth-order valence-corrected chi connectivity index (χ4v) is 2.39. The fourth-order valence-electron chi connectivity index (χ4n) is 2.39. The number of nitrogens with zero attached hydrogens (tertiary/aromatic N) is 2. The first kappa shape index (κ1) is 13.5. The second-order valence-corrected chi connectivity index (χ2v) is 4.99. The second-order valence-electron chi connectivity index (χ2n) is 4.99. The van der Waals surface area contributed by atoms with Crippen molar-refractivity contribution in [3.05, 3.63) is 66.4 Å². The first-order valence-electron chi connectivity index (χ1n) is 6.98. The van der Waals surface area contributed by atoms with Crippen LogP contribution in [-0.2, 0) is 6.42 Å². The monoisotopic (exact) mass is 279 g/mol. The number of hydrogen-bond donors (Lipinski definition) is 2. The first-order chi connectivity index (χ1) is 10.4. The molecule has 3 rings (SSSR count). The lowest BCUT2D eigenvalue weighted by Gasteiger charge is -2.17. The maximum Gasteiger partial charge on any atom is 0.156 e. The van der Waals surface area contributed by atoms with E-state index in [1.165, 1.54) is 5.56 Å². The topological polar surface area (TPSA) is 58.0 Å². The van der Waals surface area contributed by atoms with E-state index in [1.807, 2.05) is 42.5 Å². The summed E-state index contributed by atoms with van der Waals surface area (Å²) in [7, 11) is 0. The Morgan fingerprint density at radius 1 is 1.00 bits per heavy atom. The summed E-state index contributed by atoms with van der Waals surface area (Å²) >= 11 is 0. The zero-order valence-electron chi connectivity index (χ0n) is 11.6. The molecule has 106 valence electrons. The molecule has 3 aromatic rings.